The third-order valence-corrected chi connectivity index (χ3v) is 1.58. The topological polar surface area (TPSA) is 24.4 Å². The van der Waals surface area contributed by atoms with Crippen LogP contribution in [0.25, 0.3) is 0 Å². The Morgan fingerprint density at radius 2 is 2.62 bits per heavy atom. The number of rotatable bonds is 0. The van der Waals surface area contributed by atoms with Gasteiger partial charge in [0.1, 0.15) is 0 Å². The predicted octanol–water partition coefficient (Wildman–Crippen LogP) is 0.935. The number of hydrogen-bond donors (Lipinski definition) is 1. The fourth-order valence-corrected chi connectivity index (χ4v) is 0.905. The first-order valence-electron chi connectivity index (χ1n) is 2.44. The molecule has 0 radical (unpaired) electrons. The Morgan fingerprint density at radius 3 is 3.50 bits per heavy atom. The van der Waals surface area contributed by atoms with Gasteiger partial charge in [-0.25, -0.2) is 0 Å². The third kappa shape index (κ3) is 1.81. The lowest BCUT2D eigenvalue weighted by atomic mass is 10.6. The van der Waals surface area contributed by atoms with Gasteiger partial charge in [0, 0.05) is 6.21 Å². The summed E-state index contributed by atoms with van der Waals surface area (Å²) in [6.07, 6.45) is 5.62. The normalized spacial score (nSPS) is 26.9. The van der Waals surface area contributed by atoms with Crippen LogP contribution >= 0.6 is 22.6 Å². The summed E-state index contributed by atoms with van der Waals surface area (Å²) in [4.78, 5) is 4.07. The Bertz CT molecular complexity index is 106. The smallest absolute Gasteiger partial charge is 0.0974 e. The lowest BCUT2D eigenvalue weighted by Crippen LogP contribution is -2.18. The van der Waals surface area contributed by atoms with Crippen molar-refractivity contribution in [2.75, 3.05) is 6.54 Å². The molecule has 44 valence electrons. The van der Waals surface area contributed by atoms with E-state index >= 15 is 0 Å². The Hall–Kier alpha value is -0.0600. The largest absolute Gasteiger partial charge is 0.378 e. The van der Waals surface area contributed by atoms with Crippen molar-refractivity contribution in [2.45, 2.75) is 4.05 Å². The lowest BCUT2D eigenvalue weighted by molar-refractivity contribution is 0.824. The maximum Gasteiger partial charge on any atom is 0.0974 e. The van der Waals surface area contributed by atoms with Gasteiger partial charge in [-0.3, -0.25) is 4.99 Å². The standard InChI is InChI=1S/C5H7IN2/c6-5-4-7-2-1-3-8-5/h1-3,5,8H,4H2. The minimum absolute atomic E-state index is 0.461. The molecule has 8 heavy (non-hydrogen) atoms. The van der Waals surface area contributed by atoms with Gasteiger partial charge in [0.15, 0.2) is 0 Å². The molecule has 0 fully saturated rings. The van der Waals surface area contributed by atoms with Crippen LogP contribution in [-0.2, 0) is 0 Å². The van der Waals surface area contributed by atoms with Gasteiger partial charge in [-0.2, -0.15) is 0 Å². The quantitative estimate of drug-likeness (QED) is 0.368. The van der Waals surface area contributed by atoms with Crippen molar-refractivity contribution in [3.8, 4) is 0 Å². The van der Waals surface area contributed by atoms with Crippen molar-refractivity contribution in [1.82, 2.24) is 5.32 Å². The second kappa shape index (κ2) is 3.06. The average Bonchev–Trinajstić information content (AvgIpc) is 1.94. The number of halogens is 1. The van der Waals surface area contributed by atoms with Gasteiger partial charge in [-0.1, -0.05) is 22.6 Å². The maximum absolute atomic E-state index is 4.07. The molecule has 0 aromatic rings. The number of hydrogen-bond acceptors (Lipinski definition) is 2. The van der Waals surface area contributed by atoms with Crippen LogP contribution in [0.5, 0.6) is 0 Å². The number of nitrogens with zero attached hydrogens (tertiary/aromatic N) is 1. The van der Waals surface area contributed by atoms with Crippen LogP contribution in [0.2, 0.25) is 0 Å². The highest BCUT2D eigenvalue weighted by molar-refractivity contribution is 14.1. The van der Waals surface area contributed by atoms with E-state index in [-0.39, 0.29) is 0 Å². The van der Waals surface area contributed by atoms with E-state index in [2.05, 4.69) is 32.9 Å². The summed E-state index contributed by atoms with van der Waals surface area (Å²) >= 11 is 2.31. The number of alkyl halides is 1. The second-order valence-corrected chi connectivity index (χ2v) is 3.01. The molecule has 0 saturated heterocycles. The van der Waals surface area contributed by atoms with E-state index in [1.807, 2.05) is 18.5 Å². The van der Waals surface area contributed by atoms with E-state index in [0.717, 1.165) is 6.54 Å². The predicted molar refractivity (Wildman–Crippen MR) is 43.4 cm³/mol. The van der Waals surface area contributed by atoms with Crippen LogP contribution in [0.4, 0.5) is 0 Å². The molecule has 1 aliphatic rings. The molecule has 1 rings (SSSR count). The van der Waals surface area contributed by atoms with Crippen LogP contribution < -0.4 is 5.32 Å². The molecule has 0 amide bonds. The van der Waals surface area contributed by atoms with Gasteiger partial charge in [-0.05, 0) is 12.3 Å². The summed E-state index contributed by atoms with van der Waals surface area (Å²) in [5.74, 6) is 0. The third-order valence-electron chi connectivity index (χ3n) is 0.830. The number of nitrogens with one attached hydrogen (secondary N) is 1. The fourth-order valence-electron chi connectivity index (χ4n) is 0.470. The van der Waals surface area contributed by atoms with Crippen molar-refractivity contribution in [3.05, 3.63) is 12.3 Å². The molecular weight excluding hydrogens is 215 g/mol. The van der Waals surface area contributed by atoms with Crippen LogP contribution in [0.15, 0.2) is 17.3 Å². The van der Waals surface area contributed by atoms with Crippen molar-refractivity contribution in [1.29, 1.82) is 0 Å². The van der Waals surface area contributed by atoms with Gasteiger partial charge in [0.2, 0.25) is 0 Å². The Morgan fingerprint density at radius 1 is 1.75 bits per heavy atom. The van der Waals surface area contributed by atoms with E-state index in [4.69, 9.17) is 0 Å². The average molecular weight is 222 g/mol. The molecule has 1 heterocycles. The number of aliphatic imine (C=N–C) groups is 1. The van der Waals surface area contributed by atoms with Crippen LogP contribution in [0.3, 0.4) is 0 Å². The van der Waals surface area contributed by atoms with Crippen molar-refractivity contribution < 1.29 is 0 Å². The molecule has 1 unspecified atom stereocenters. The highest BCUT2D eigenvalue weighted by Gasteiger charge is 1.96. The van der Waals surface area contributed by atoms with Crippen molar-refractivity contribution in [3.63, 3.8) is 0 Å². The summed E-state index contributed by atoms with van der Waals surface area (Å²) in [5.41, 5.74) is 0. The lowest BCUT2D eigenvalue weighted by Gasteiger charge is -2.02. The van der Waals surface area contributed by atoms with Gasteiger partial charge < -0.3 is 5.32 Å². The first kappa shape index (κ1) is 6.07. The molecule has 0 aromatic heterocycles. The molecule has 1 N–H and O–H groups in total. The Kier molecular flexibility index (Phi) is 2.32. The van der Waals surface area contributed by atoms with E-state index < -0.39 is 0 Å². The summed E-state index contributed by atoms with van der Waals surface area (Å²) in [7, 11) is 0. The van der Waals surface area contributed by atoms with Crippen molar-refractivity contribution >= 4 is 28.8 Å². The SMILES string of the molecule is IC1CN=CC=CN1. The minimum Gasteiger partial charge on any atom is -0.378 e. The molecule has 0 aromatic carbocycles. The Labute approximate surface area is 62.2 Å². The van der Waals surface area contributed by atoms with E-state index in [1.54, 1.807) is 0 Å². The molecule has 0 saturated carbocycles. The molecule has 0 bridgehead atoms. The van der Waals surface area contributed by atoms with E-state index in [9.17, 15) is 0 Å². The molecule has 1 aliphatic heterocycles. The molecule has 0 aliphatic carbocycles. The van der Waals surface area contributed by atoms with E-state index in [0.29, 0.717) is 4.05 Å². The monoisotopic (exact) mass is 222 g/mol. The maximum atomic E-state index is 4.07. The fraction of sp³-hybridized carbons (Fsp3) is 0.400. The van der Waals surface area contributed by atoms with Gasteiger partial charge in [0.05, 0.1) is 10.6 Å². The molecular formula is C5H7IN2. The second-order valence-electron chi connectivity index (χ2n) is 1.51. The summed E-state index contributed by atoms with van der Waals surface area (Å²) < 4.78 is 0.461. The van der Waals surface area contributed by atoms with Crippen molar-refractivity contribution in [2.24, 2.45) is 4.99 Å². The zero-order valence-corrected chi connectivity index (χ0v) is 6.50. The zero-order valence-electron chi connectivity index (χ0n) is 4.34. The highest BCUT2D eigenvalue weighted by Crippen LogP contribution is 1.97. The molecule has 0 spiro atoms. The van der Waals surface area contributed by atoms with Gasteiger partial charge in [0.25, 0.3) is 0 Å². The summed E-state index contributed by atoms with van der Waals surface area (Å²) in [6, 6.07) is 0. The van der Waals surface area contributed by atoms with Crippen LogP contribution in [0, 0.1) is 0 Å². The highest BCUT2D eigenvalue weighted by atomic mass is 127. The van der Waals surface area contributed by atoms with E-state index in [1.165, 1.54) is 0 Å². The first-order valence-corrected chi connectivity index (χ1v) is 3.69. The summed E-state index contributed by atoms with van der Waals surface area (Å²) in [5, 5.41) is 3.13. The van der Waals surface area contributed by atoms with Crippen LogP contribution in [-0.4, -0.2) is 16.8 Å². The van der Waals surface area contributed by atoms with Crippen LogP contribution in [0.1, 0.15) is 0 Å². The zero-order chi connectivity index (χ0) is 5.82. The Balaban J connectivity index is 2.45. The summed E-state index contributed by atoms with van der Waals surface area (Å²) in [6.45, 7) is 0.869. The number of allylic oxidation sites excluding steroid dienone is 1. The molecule has 1 atom stereocenters. The minimum atomic E-state index is 0.461. The van der Waals surface area contributed by atoms with Gasteiger partial charge >= 0.3 is 0 Å². The molecule has 2 nitrogen and oxygen atoms in total. The van der Waals surface area contributed by atoms with Gasteiger partial charge in [-0.15, -0.1) is 0 Å². The molecule has 3 heteroatoms. The first-order chi connectivity index (χ1) is 3.89.